The number of H-pyrrole nitrogens is 1. The molecule has 3 aromatic rings. The number of carbonyl (C=O) groups excluding carboxylic acids is 1. The van der Waals surface area contributed by atoms with Crippen molar-refractivity contribution in [2.45, 2.75) is 25.9 Å². The highest BCUT2D eigenvalue weighted by molar-refractivity contribution is 5.96. The number of hydrogen-bond donors (Lipinski definition) is 2. The molecule has 0 radical (unpaired) electrons. The summed E-state index contributed by atoms with van der Waals surface area (Å²) in [6.07, 6.45) is 0.852. The van der Waals surface area contributed by atoms with E-state index in [9.17, 15) is 4.79 Å². The van der Waals surface area contributed by atoms with Gasteiger partial charge in [-0.3, -0.25) is 14.8 Å². The van der Waals surface area contributed by atoms with Crippen LogP contribution in [0.1, 0.15) is 18.2 Å². The standard InChI is InChI=1S/C19H20N4O/c1-12(19(20)24)23-10-9-17-16(11-23)18(22-21-17)15-8-4-6-13-5-2-3-7-14(13)15/h2-8,12H,9-11H2,1H3,(H2,20,24)(H,21,22)/t12-/m1/s1. The molecule has 1 atom stereocenters. The Morgan fingerprint density at radius 2 is 2.04 bits per heavy atom. The number of nitrogens with one attached hydrogen (secondary N) is 1. The van der Waals surface area contributed by atoms with E-state index in [0.717, 1.165) is 29.9 Å². The van der Waals surface area contributed by atoms with E-state index in [1.54, 1.807) is 0 Å². The van der Waals surface area contributed by atoms with Gasteiger partial charge in [-0.1, -0.05) is 42.5 Å². The number of aromatic amines is 1. The maximum Gasteiger partial charge on any atom is 0.234 e. The van der Waals surface area contributed by atoms with Crippen LogP contribution >= 0.6 is 0 Å². The van der Waals surface area contributed by atoms with Crippen LogP contribution in [0.4, 0.5) is 0 Å². The summed E-state index contributed by atoms with van der Waals surface area (Å²) < 4.78 is 0. The van der Waals surface area contributed by atoms with E-state index in [1.807, 2.05) is 19.1 Å². The summed E-state index contributed by atoms with van der Waals surface area (Å²) in [6.45, 7) is 3.37. The van der Waals surface area contributed by atoms with Crippen molar-refractivity contribution in [2.24, 2.45) is 5.73 Å². The quantitative estimate of drug-likeness (QED) is 0.778. The van der Waals surface area contributed by atoms with Crippen molar-refractivity contribution in [1.82, 2.24) is 15.1 Å². The van der Waals surface area contributed by atoms with E-state index in [1.165, 1.54) is 16.3 Å². The fourth-order valence-electron chi connectivity index (χ4n) is 3.48. The smallest absolute Gasteiger partial charge is 0.234 e. The lowest BCUT2D eigenvalue weighted by molar-refractivity contribution is -0.123. The van der Waals surface area contributed by atoms with Crippen molar-refractivity contribution in [3.8, 4) is 11.3 Å². The number of fused-ring (bicyclic) bond motifs is 2. The normalized spacial score (nSPS) is 16.0. The molecule has 1 aliphatic rings. The van der Waals surface area contributed by atoms with Gasteiger partial charge in [0, 0.05) is 36.3 Å². The summed E-state index contributed by atoms with van der Waals surface area (Å²) >= 11 is 0. The fourth-order valence-corrected chi connectivity index (χ4v) is 3.48. The van der Waals surface area contributed by atoms with Gasteiger partial charge in [-0.05, 0) is 17.7 Å². The van der Waals surface area contributed by atoms with Crippen molar-refractivity contribution >= 4 is 16.7 Å². The van der Waals surface area contributed by atoms with Crippen LogP contribution in [0, 0.1) is 0 Å². The van der Waals surface area contributed by atoms with Crippen LogP contribution in [-0.4, -0.2) is 33.6 Å². The van der Waals surface area contributed by atoms with E-state index in [4.69, 9.17) is 5.73 Å². The SMILES string of the molecule is C[C@H](C(N)=O)N1CCc2[nH]nc(-c3cccc4ccccc34)c2C1. The van der Waals surface area contributed by atoms with Gasteiger partial charge in [0.15, 0.2) is 0 Å². The molecule has 0 spiro atoms. The zero-order valence-electron chi connectivity index (χ0n) is 13.6. The molecule has 5 heteroatoms. The van der Waals surface area contributed by atoms with Gasteiger partial charge < -0.3 is 5.73 Å². The maximum absolute atomic E-state index is 11.5. The second-order valence-corrected chi connectivity index (χ2v) is 6.35. The molecule has 1 aliphatic heterocycles. The van der Waals surface area contributed by atoms with Gasteiger partial charge in [0.1, 0.15) is 0 Å². The Labute approximate surface area is 140 Å². The molecule has 1 amide bonds. The number of nitrogens with zero attached hydrogens (tertiary/aromatic N) is 2. The number of carbonyl (C=O) groups is 1. The molecule has 1 aromatic heterocycles. The van der Waals surface area contributed by atoms with Crippen LogP contribution in [-0.2, 0) is 17.8 Å². The van der Waals surface area contributed by atoms with Crippen LogP contribution in [0.3, 0.4) is 0 Å². The summed E-state index contributed by atoms with van der Waals surface area (Å²) in [5.41, 5.74) is 9.91. The number of amides is 1. The molecule has 0 saturated carbocycles. The lowest BCUT2D eigenvalue weighted by Gasteiger charge is -2.30. The summed E-state index contributed by atoms with van der Waals surface area (Å²) in [4.78, 5) is 13.7. The van der Waals surface area contributed by atoms with Gasteiger partial charge >= 0.3 is 0 Å². The van der Waals surface area contributed by atoms with Gasteiger partial charge in [0.25, 0.3) is 0 Å². The number of hydrogen-bond acceptors (Lipinski definition) is 3. The minimum absolute atomic E-state index is 0.270. The highest BCUT2D eigenvalue weighted by Gasteiger charge is 2.28. The summed E-state index contributed by atoms with van der Waals surface area (Å²) in [5.74, 6) is -0.284. The first-order valence-corrected chi connectivity index (χ1v) is 8.23. The van der Waals surface area contributed by atoms with Gasteiger partial charge in [-0.2, -0.15) is 5.10 Å². The van der Waals surface area contributed by atoms with Crippen molar-refractivity contribution in [3.05, 3.63) is 53.7 Å². The summed E-state index contributed by atoms with van der Waals surface area (Å²) in [6, 6.07) is 14.3. The Morgan fingerprint density at radius 1 is 1.25 bits per heavy atom. The van der Waals surface area contributed by atoms with E-state index in [0.29, 0.717) is 6.54 Å². The average Bonchev–Trinajstić information content (AvgIpc) is 3.03. The Morgan fingerprint density at radius 3 is 2.88 bits per heavy atom. The van der Waals surface area contributed by atoms with Crippen molar-refractivity contribution < 1.29 is 4.79 Å². The first-order chi connectivity index (χ1) is 11.6. The van der Waals surface area contributed by atoms with Crippen LogP contribution in [0.25, 0.3) is 22.0 Å². The third kappa shape index (κ3) is 2.37. The fraction of sp³-hybridized carbons (Fsp3) is 0.263. The minimum Gasteiger partial charge on any atom is -0.368 e. The Bertz CT molecular complexity index is 909. The third-order valence-electron chi connectivity index (χ3n) is 4.97. The van der Waals surface area contributed by atoms with Crippen LogP contribution in [0.15, 0.2) is 42.5 Å². The van der Waals surface area contributed by atoms with Gasteiger partial charge in [-0.25, -0.2) is 0 Å². The largest absolute Gasteiger partial charge is 0.368 e. The minimum atomic E-state index is -0.284. The molecule has 0 aliphatic carbocycles. The lowest BCUT2D eigenvalue weighted by Crippen LogP contribution is -2.45. The van der Waals surface area contributed by atoms with Crippen LogP contribution in [0.2, 0.25) is 0 Å². The monoisotopic (exact) mass is 320 g/mol. The molecular formula is C19H20N4O. The van der Waals surface area contributed by atoms with Crippen molar-refractivity contribution in [2.75, 3.05) is 6.54 Å². The first-order valence-electron chi connectivity index (χ1n) is 8.23. The average molecular weight is 320 g/mol. The van der Waals surface area contributed by atoms with E-state index >= 15 is 0 Å². The second-order valence-electron chi connectivity index (χ2n) is 6.35. The molecule has 0 unspecified atom stereocenters. The molecule has 0 bridgehead atoms. The molecule has 3 N–H and O–H groups in total. The third-order valence-corrected chi connectivity index (χ3v) is 4.97. The summed E-state index contributed by atoms with van der Waals surface area (Å²) in [5, 5.41) is 10.2. The van der Waals surface area contributed by atoms with Gasteiger partial charge in [0.2, 0.25) is 5.91 Å². The molecular weight excluding hydrogens is 300 g/mol. The van der Waals surface area contributed by atoms with Crippen molar-refractivity contribution in [1.29, 1.82) is 0 Å². The number of primary amides is 1. The van der Waals surface area contributed by atoms with Gasteiger partial charge in [-0.15, -0.1) is 0 Å². The summed E-state index contributed by atoms with van der Waals surface area (Å²) in [7, 11) is 0. The number of benzene rings is 2. The zero-order chi connectivity index (χ0) is 16.7. The highest BCUT2D eigenvalue weighted by atomic mass is 16.1. The molecule has 5 nitrogen and oxygen atoms in total. The molecule has 122 valence electrons. The Balaban J connectivity index is 1.79. The predicted molar refractivity (Wildman–Crippen MR) is 94.3 cm³/mol. The predicted octanol–water partition coefficient (Wildman–Crippen LogP) is 2.46. The molecule has 2 aromatic carbocycles. The van der Waals surface area contributed by atoms with E-state index in [-0.39, 0.29) is 11.9 Å². The van der Waals surface area contributed by atoms with E-state index < -0.39 is 0 Å². The Kier molecular flexibility index (Phi) is 3.58. The van der Waals surface area contributed by atoms with E-state index in [2.05, 4.69) is 45.4 Å². The lowest BCUT2D eigenvalue weighted by atomic mass is 9.96. The molecule has 2 heterocycles. The Hall–Kier alpha value is -2.66. The second kappa shape index (κ2) is 5.76. The number of nitrogens with two attached hydrogens (primary N) is 1. The molecule has 4 rings (SSSR count). The molecule has 0 saturated heterocycles. The van der Waals surface area contributed by atoms with Gasteiger partial charge in [0.05, 0.1) is 11.7 Å². The molecule has 0 fully saturated rings. The zero-order valence-corrected chi connectivity index (χ0v) is 13.6. The highest BCUT2D eigenvalue weighted by Crippen LogP contribution is 2.33. The number of aromatic nitrogens is 2. The van der Waals surface area contributed by atoms with Crippen LogP contribution < -0.4 is 5.73 Å². The maximum atomic E-state index is 11.5. The first kappa shape index (κ1) is 14.9. The van der Waals surface area contributed by atoms with Crippen LogP contribution in [0.5, 0.6) is 0 Å². The topological polar surface area (TPSA) is 75.0 Å². The van der Waals surface area contributed by atoms with Crippen molar-refractivity contribution in [3.63, 3.8) is 0 Å². The molecule has 24 heavy (non-hydrogen) atoms. The number of rotatable bonds is 3.